The van der Waals surface area contributed by atoms with E-state index in [0.29, 0.717) is 16.7 Å². The number of tetrazole rings is 1. The van der Waals surface area contributed by atoms with Crippen molar-refractivity contribution in [3.63, 3.8) is 0 Å². The molecular weight excluding hydrogens is 519 g/mol. The van der Waals surface area contributed by atoms with Crippen LogP contribution < -0.4 is 10.6 Å². The maximum absolute atomic E-state index is 13.8. The molecule has 16 heteroatoms. The number of oxazole rings is 1. The third-order valence-electron chi connectivity index (χ3n) is 6.83. The van der Waals surface area contributed by atoms with Crippen LogP contribution >= 0.6 is 0 Å². The second-order valence-electron chi connectivity index (χ2n) is 9.55. The number of carbonyl (C=O) groups excluding carboxylic acids is 2. The summed E-state index contributed by atoms with van der Waals surface area (Å²) in [4.78, 5) is 30.4. The molecule has 3 aromatic rings. The summed E-state index contributed by atoms with van der Waals surface area (Å²) in [6.45, 7) is -0.616. The van der Waals surface area contributed by atoms with E-state index in [1.165, 1.54) is 7.05 Å². The molecule has 38 heavy (non-hydrogen) atoms. The molecule has 1 aliphatic heterocycles. The molecule has 2 atom stereocenters. The monoisotopic (exact) mass is 542 g/mol. The van der Waals surface area contributed by atoms with E-state index in [4.69, 9.17) is 4.42 Å². The van der Waals surface area contributed by atoms with Crippen molar-refractivity contribution in [2.24, 2.45) is 13.0 Å². The van der Waals surface area contributed by atoms with Crippen molar-refractivity contribution >= 4 is 23.0 Å². The van der Waals surface area contributed by atoms with E-state index in [1.807, 2.05) is 5.32 Å². The zero-order valence-electron chi connectivity index (χ0n) is 20.0. The smallest absolute Gasteiger partial charge is 0.410 e. The summed E-state index contributed by atoms with van der Waals surface area (Å²) in [5.74, 6) is -3.83. The molecule has 0 bridgehead atoms. The molecule has 2 unspecified atom stereocenters. The average molecular weight is 542 g/mol. The largest absolute Gasteiger partial charge is 0.438 e. The number of urea groups is 1. The summed E-state index contributed by atoms with van der Waals surface area (Å²) in [7, 11) is 1.48. The predicted molar refractivity (Wildman–Crippen MR) is 119 cm³/mol. The van der Waals surface area contributed by atoms with E-state index in [0.717, 1.165) is 9.58 Å². The number of aromatic nitrogens is 5. The summed E-state index contributed by atoms with van der Waals surface area (Å²) in [5, 5.41) is 15.4. The number of carbonyl (C=O) groups is 2. The Hall–Kier alpha value is -3.85. The van der Waals surface area contributed by atoms with Crippen LogP contribution in [0.25, 0.3) is 11.1 Å². The Balaban J connectivity index is 1.38. The molecular formula is C22H23F5N8O3. The second kappa shape index (κ2) is 9.47. The Morgan fingerprint density at radius 2 is 2.03 bits per heavy atom. The van der Waals surface area contributed by atoms with Gasteiger partial charge in [0.2, 0.25) is 17.6 Å². The van der Waals surface area contributed by atoms with Crippen LogP contribution in [0.5, 0.6) is 0 Å². The number of fused-ring (bicyclic) bond motifs is 1. The van der Waals surface area contributed by atoms with Gasteiger partial charge in [0.05, 0.1) is 6.54 Å². The summed E-state index contributed by atoms with van der Waals surface area (Å²) < 4.78 is 73.6. The van der Waals surface area contributed by atoms with E-state index < -0.39 is 48.6 Å². The molecule has 1 aliphatic carbocycles. The number of nitrogens with zero attached hydrogens (tertiary/aromatic N) is 6. The van der Waals surface area contributed by atoms with Crippen LogP contribution in [0.2, 0.25) is 0 Å². The first kappa shape index (κ1) is 25.8. The number of alkyl halides is 5. The molecule has 2 aromatic heterocycles. The molecule has 11 nitrogen and oxygen atoms in total. The van der Waals surface area contributed by atoms with Gasteiger partial charge in [0.15, 0.2) is 5.58 Å². The summed E-state index contributed by atoms with van der Waals surface area (Å²) >= 11 is 0. The predicted octanol–water partition coefficient (Wildman–Crippen LogP) is 3.10. The lowest BCUT2D eigenvalue weighted by molar-refractivity contribution is -0.149. The summed E-state index contributed by atoms with van der Waals surface area (Å²) in [5.41, 5.74) is 1.17. The lowest BCUT2D eigenvalue weighted by Crippen LogP contribution is -2.40. The standard InChI is InChI=1S/C22H23F5N8O3/c1-34-17(31-32-33-34)18(36)30-16(12-4-6-21(23,24)7-5-12)19-28-13-8-11(2-3-14(13)38-19)9-35-10-15(22(25,26)27)29-20(35)37/h2-3,8,12,15-16H,4-7,9-10H2,1H3,(H,29,37)(H,30,36). The Morgan fingerprint density at radius 3 is 2.66 bits per heavy atom. The molecule has 0 spiro atoms. The highest BCUT2D eigenvalue weighted by Crippen LogP contribution is 2.42. The Bertz CT molecular complexity index is 1350. The number of nitrogens with one attached hydrogen (secondary N) is 2. The van der Waals surface area contributed by atoms with Gasteiger partial charge in [-0.25, -0.2) is 23.2 Å². The molecule has 5 rings (SSSR count). The number of benzene rings is 1. The minimum absolute atomic E-state index is 0.0874. The molecule has 3 heterocycles. The number of hydrogen-bond acceptors (Lipinski definition) is 7. The molecule has 1 aromatic carbocycles. The van der Waals surface area contributed by atoms with Crippen LogP contribution in [-0.4, -0.2) is 66.7 Å². The van der Waals surface area contributed by atoms with Crippen molar-refractivity contribution in [1.29, 1.82) is 0 Å². The maximum Gasteiger partial charge on any atom is 0.410 e. The van der Waals surface area contributed by atoms with Gasteiger partial charge in [-0.2, -0.15) is 13.2 Å². The minimum Gasteiger partial charge on any atom is -0.438 e. The van der Waals surface area contributed by atoms with E-state index in [1.54, 1.807) is 18.2 Å². The molecule has 2 fully saturated rings. The molecule has 1 saturated heterocycles. The molecule has 0 radical (unpaired) electrons. The molecule has 204 valence electrons. The number of amides is 3. The van der Waals surface area contributed by atoms with E-state index in [2.05, 4.69) is 25.8 Å². The Kier molecular flexibility index (Phi) is 6.43. The second-order valence-corrected chi connectivity index (χ2v) is 9.55. The first-order valence-corrected chi connectivity index (χ1v) is 11.8. The highest BCUT2D eigenvalue weighted by molar-refractivity contribution is 5.90. The van der Waals surface area contributed by atoms with Crippen LogP contribution in [0.3, 0.4) is 0 Å². The van der Waals surface area contributed by atoms with Crippen LogP contribution in [-0.2, 0) is 13.6 Å². The third kappa shape index (κ3) is 5.24. The van der Waals surface area contributed by atoms with Gasteiger partial charge >= 0.3 is 12.2 Å². The summed E-state index contributed by atoms with van der Waals surface area (Å²) in [6, 6.07) is 1.07. The number of aryl methyl sites for hydroxylation is 1. The quantitative estimate of drug-likeness (QED) is 0.458. The maximum atomic E-state index is 13.8. The Morgan fingerprint density at radius 1 is 1.29 bits per heavy atom. The zero-order chi connectivity index (χ0) is 27.2. The van der Waals surface area contributed by atoms with Gasteiger partial charge in [-0.05, 0) is 46.9 Å². The first-order valence-electron chi connectivity index (χ1n) is 11.8. The van der Waals surface area contributed by atoms with E-state index in [-0.39, 0.29) is 43.9 Å². The van der Waals surface area contributed by atoms with Crippen molar-refractivity contribution < 1.29 is 36.0 Å². The van der Waals surface area contributed by atoms with Gasteiger partial charge < -0.3 is 20.0 Å². The van der Waals surface area contributed by atoms with Crippen molar-refractivity contribution in [3.05, 3.63) is 35.5 Å². The van der Waals surface area contributed by atoms with Gasteiger partial charge in [0.25, 0.3) is 5.91 Å². The molecule has 1 saturated carbocycles. The number of halogens is 5. The minimum atomic E-state index is -4.56. The van der Waals surface area contributed by atoms with Crippen LogP contribution in [0.4, 0.5) is 26.7 Å². The fourth-order valence-electron chi connectivity index (χ4n) is 4.76. The molecule has 2 aliphatic rings. The van der Waals surface area contributed by atoms with Crippen LogP contribution in [0, 0.1) is 5.92 Å². The lowest BCUT2D eigenvalue weighted by atomic mass is 9.82. The topological polar surface area (TPSA) is 131 Å². The Labute approximate surface area is 211 Å². The van der Waals surface area contributed by atoms with Crippen molar-refractivity contribution in [2.75, 3.05) is 6.54 Å². The zero-order valence-corrected chi connectivity index (χ0v) is 20.0. The van der Waals surface area contributed by atoms with Gasteiger partial charge in [-0.1, -0.05) is 6.07 Å². The molecule has 2 N–H and O–H groups in total. The highest BCUT2D eigenvalue weighted by Gasteiger charge is 2.47. The normalized spacial score (nSPS) is 21.1. The van der Waals surface area contributed by atoms with Gasteiger partial charge in [-0.15, -0.1) is 5.10 Å². The van der Waals surface area contributed by atoms with Crippen molar-refractivity contribution in [2.45, 2.75) is 56.4 Å². The van der Waals surface area contributed by atoms with Crippen LogP contribution in [0.15, 0.2) is 22.6 Å². The van der Waals surface area contributed by atoms with Crippen molar-refractivity contribution in [3.8, 4) is 0 Å². The van der Waals surface area contributed by atoms with E-state index in [9.17, 15) is 31.5 Å². The van der Waals surface area contributed by atoms with E-state index >= 15 is 0 Å². The first-order chi connectivity index (χ1) is 17.9. The van der Waals surface area contributed by atoms with Crippen molar-refractivity contribution in [1.82, 2.24) is 40.7 Å². The SMILES string of the molecule is Cn1nnnc1C(=O)NC(c1nc2cc(CN3CC(C(F)(F)F)NC3=O)ccc2o1)C1CCC(F)(F)CC1. The molecule has 3 amide bonds. The third-order valence-corrected chi connectivity index (χ3v) is 6.83. The highest BCUT2D eigenvalue weighted by atomic mass is 19.4. The van der Waals surface area contributed by atoms with Gasteiger partial charge in [0, 0.05) is 26.4 Å². The lowest BCUT2D eigenvalue weighted by Gasteiger charge is -2.32. The van der Waals surface area contributed by atoms with Crippen LogP contribution in [0.1, 0.15) is 53.8 Å². The summed E-state index contributed by atoms with van der Waals surface area (Å²) in [6.07, 6.45) is -5.03. The van der Waals surface area contributed by atoms with Gasteiger partial charge in [0.1, 0.15) is 17.6 Å². The fourth-order valence-corrected chi connectivity index (χ4v) is 4.76. The van der Waals surface area contributed by atoms with Gasteiger partial charge in [-0.3, -0.25) is 4.79 Å². The average Bonchev–Trinajstić information content (AvgIpc) is 3.56. The number of rotatable bonds is 6. The fraction of sp³-hybridized carbons (Fsp3) is 0.545. The number of hydrogen-bond donors (Lipinski definition) is 2.